The number of halogens is 3. The first-order valence-electron chi connectivity index (χ1n) is 9.71. The molecule has 0 aliphatic rings. The lowest BCUT2D eigenvalue weighted by atomic mass is 10.1. The summed E-state index contributed by atoms with van der Waals surface area (Å²) >= 11 is 15.6. The lowest BCUT2D eigenvalue weighted by molar-refractivity contribution is -0.122. The molecule has 0 spiro atoms. The summed E-state index contributed by atoms with van der Waals surface area (Å²) in [6, 6.07) is 20.0. The molecule has 32 heavy (non-hydrogen) atoms. The molecule has 3 aromatic rings. The van der Waals surface area contributed by atoms with Gasteiger partial charge in [0.25, 0.3) is 0 Å². The second-order valence-corrected chi connectivity index (χ2v) is 10.9. The van der Waals surface area contributed by atoms with Crippen molar-refractivity contribution in [2.24, 2.45) is 0 Å². The van der Waals surface area contributed by atoms with E-state index in [1.165, 1.54) is 24.3 Å². The fourth-order valence-corrected chi connectivity index (χ4v) is 5.22. The van der Waals surface area contributed by atoms with E-state index >= 15 is 0 Å². The molecule has 0 aromatic heterocycles. The van der Waals surface area contributed by atoms with E-state index in [2.05, 4.69) is 21.2 Å². The van der Waals surface area contributed by atoms with E-state index in [-0.39, 0.29) is 24.0 Å². The maximum absolute atomic E-state index is 13.3. The van der Waals surface area contributed by atoms with Crippen LogP contribution in [0.1, 0.15) is 24.1 Å². The molecular weight excluding hydrogens is 535 g/mol. The summed E-state index contributed by atoms with van der Waals surface area (Å²) in [6.07, 6.45) is 0. The van der Waals surface area contributed by atoms with Crippen LogP contribution in [-0.2, 0) is 21.4 Å². The topological polar surface area (TPSA) is 66.5 Å². The lowest BCUT2D eigenvalue weighted by Crippen LogP contribution is -2.41. The van der Waals surface area contributed by atoms with Gasteiger partial charge in [-0.15, -0.1) is 0 Å². The van der Waals surface area contributed by atoms with Gasteiger partial charge in [0.05, 0.1) is 17.5 Å². The van der Waals surface area contributed by atoms with E-state index in [0.29, 0.717) is 15.6 Å². The Morgan fingerprint density at radius 1 is 1.03 bits per heavy atom. The zero-order chi connectivity index (χ0) is 23.3. The monoisotopic (exact) mass is 554 g/mol. The molecule has 168 valence electrons. The highest BCUT2D eigenvalue weighted by Gasteiger charge is 2.28. The van der Waals surface area contributed by atoms with Gasteiger partial charge in [0.2, 0.25) is 15.9 Å². The van der Waals surface area contributed by atoms with Gasteiger partial charge in [-0.1, -0.05) is 69.5 Å². The van der Waals surface area contributed by atoms with Gasteiger partial charge in [0.1, 0.15) is 0 Å². The standard InChI is InChI=1S/C23H21BrCl2N2O3S/c1-16(17-6-4-7-19(24)13-17)27-23(29)15-28(14-18-5-2-3-8-22(18)26)32(30,31)21-11-9-20(25)10-12-21/h2-13,16H,14-15H2,1H3,(H,27,29)/t16-/m1/s1. The summed E-state index contributed by atoms with van der Waals surface area (Å²) in [7, 11) is -3.99. The normalized spacial score (nSPS) is 12.5. The molecular formula is C23H21BrCl2N2O3S. The van der Waals surface area contributed by atoms with Gasteiger partial charge in [0.15, 0.2) is 0 Å². The van der Waals surface area contributed by atoms with Crippen molar-refractivity contribution in [1.29, 1.82) is 0 Å². The van der Waals surface area contributed by atoms with E-state index in [1.807, 2.05) is 31.2 Å². The molecule has 5 nitrogen and oxygen atoms in total. The summed E-state index contributed by atoms with van der Waals surface area (Å²) < 4.78 is 28.7. The Morgan fingerprint density at radius 2 is 1.72 bits per heavy atom. The van der Waals surface area contributed by atoms with Gasteiger partial charge < -0.3 is 5.32 Å². The molecule has 3 rings (SSSR count). The fraction of sp³-hybridized carbons (Fsp3) is 0.174. The molecule has 0 unspecified atom stereocenters. The van der Waals surface area contributed by atoms with Crippen LogP contribution < -0.4 is 5.32 Å². The highest BCUT2D eigenvalue weighted by Crippen LogP contribution is 2.24. The SMILES string of the molecule is C[C@@H](NC(=O)CN(Cc1ccccc1Cl)S(=O)(=O)c1ccc(Cl)cc1)c1cccc(Br)c1. The minimum absolute atomic E-state index is 0.0433. The van der Waals surface area contributed by atoms with Gasteiger partial charge in [-0.05, 0) is 60.5 Å². The molecule has 3 aromatic carbocycles. The van der Waals surface area contributed by atoms with Crippen LogP contribution in [0.2, 0.25) is 10.0 Å². The third-order valence-electron chi connectivity index (χ3n) is 4.80. The number of rotatable bonds is 8. The lowest BCUT2D eigenvalue weighted by Gasteiger charge is -2.24. The molecule has 0 saturated heterocycles. The Labute approximate surface area is 206 Å². The molecule has 0 aliphatic heterocycles. The molecule has 0 radical (unpaired) electrons. The van der Waals surface area contributed by atoms with Gasteiger partial charge in [0, 0.05) is 21.1 Å². The fourth-order valence-electron chi connectivity index (χ4n) is 3.10. The van der Waals surface area contributed by atoms with Crippen molar-refractivity contribution in [3.63, 3.8) is 0 Å². The van der Waals surface area contributed by atoms with Crippen LogP contribution >= 0.6 is 39.1 Å². The second-order valence-electron chi connectivity index (χ2n) is 7.16. The summed E-state index contributed by atoms with van der Waals surface area (Å²) in [4.78, 5) is 12.9. The smallest absolute Gasteiger partial charge is 0.243 e. The number of hydrogen-bond acceptors (Lipinski definition) is 3. The number of amides is 1. The minimum Gasteiger partial charge on any atom is -0.348 e. The molecule has 1 atom stereocenters. The second kappa shape index (κ2) is 10.8. The zero-order valence-corrected chi connectivity index (χ0v) is 21.0. The Morgan fingerprint density at radius 3 is 2.38 bits per heavy atom. The van der Waals surface area contributed by atoms with Crippen molar-refractivity contribution >= 4 is 55.1 Å². The third kappa shape index (κ3) is 6.33. The number of benzene rings is 3. The predicted molar refractivity (Wildman–Crippen MR) is 131 cm³/mol. The van der Waals surface area contributed by atoms with E-state index in [9.17, 15) is 13.2 Å². The number of nitrogens with zero attached hydrogens (tertiary/aromatic N) is 1. The van der Waals surface area contributed by atoms with Gasteiger partial charge in [-0.25, -0.2) is 8.42 Å². The van der Waals surface area contributed by atoms with Crippen molar-refractivity contribution in [2.45, 2.75) is 24.4 Å². The molecule has 0 aliphatic carbocycles. The third-order valence-corrected chi connectivity index (χ3v) is 7.72. The van der Waals surface area contributed by atoms with Crippen LogP contribution in [0.25, 0.3) is 0 Å². The van der Waals surface area contributed by atoms with E-state index < -0.39 is 15.9 Å². The molecule has 9 heteroatoms. The van der Waals surface area contributed by atoms with Crippen LogP contribution in [0, 0.1) is 0 Å². The predicted octanol–water partition coefficient (Wildman–Crippen LogP) is 5.82. The number of sulfonamides is 1. The van der Waals surface area contributed by atoms with E-state index in [1.54, 1.807) is 24.3 Å². The summed E-state index contributed by atoms with van der Waals surface area (Å²) in [5.74, 6) is -0.429. The molecule has 0 heterocycles. The maximum Gasteiger partial charge on any atom is 0.243 e. The number of nitrogens with one attached hydrogen (secondary N) is 1. The maximum atomic E-state index is 13.3. The number of carbonyl (C=O) groups is 1. The Kier molecular flexibility index (Phi) is 8.36. The van der Waals surface area contributed by atoms with Crippen molar-refractivity contribution in [2.75, 3.05) is 6.54 Å². The van der Waals surface area contributed by atoms with Crippen LogP contribution in [0.4, 0.5) is 0 Å². The van der Waals surface area contributed by atoms with Gasteiger partial charge >= 0.3 is 0 Å². The van der Waals surface area contributed by atoms with E-state index in [0.717, 1.165) is 14.3 Å². The molecule has 1 N–H and O–H groups in total. The van der Waals surface area contributed by atoms with Crippen molar-refractivity contribution < 1.29 is 13.2 Å². The quantitative estimate of drug-likeness (QED) is 0.380. The van der Waals surface area contributed by atoms with Crippen molar-refractivity contribution in [3.05, 3.63) is 98.4 Å². The molecule has 0 saturated carbocycles. The van der Waals surface area contributed by atoms with Crippen molar-refractivity contribution in [3.8, 4) is 0 Å². The molecule has 0 bridgehead atoms. The highest BCUT2D eigenvalue weighted by molar-refractivity contribution is 9.10. The minimum atomic E-state index is -3.99. The molecule has 1 amide bonds. The first-order valence-corrected chi connectivity index (χ1v) is 12.7. The van der Waals surface area contributed by atoms with Crippen molar-refractivity contribution in [1.82, 2.24) is 9.62 Å². The summed E-state index contributed by atoms with van der Waals surface area (Å²) in [5.41, 5.74) is 1.49. The van der Waals surface area contributed by atoms with Gasteiger partial charge in [-0.3, -0.25) is 4.79 Å². The largest absolute Gasteiger partial charge is 0.348 e. The van der Waals surface area contributed by atoms with Crippen LogP contribution in [-0.4, -0.2) is 25.2 Å². The number of carbonyl (C=O) groups excluding carboxylic acids is 1. The molecule has 0 fully saturated rings. The summed E-state index contributed by atoms with van der Waals surface area (Å²) in [5, 5.41) is 3.71. The Balaban J connectivity index is 1.85. The van der Waals surface area contributed by atoms with Gasteiger partial charge in [-0.2, -0.15) is 4.31 Å². The van der Waals surface area contributed by atoms with Crippen LogP contribution in [0.5, 0.6) is 0 Å². The first kappa shape index (κ1) is 24.7. The Hall–Kier alpha value is -1.90. The Bertz CT molecular complexity index is 1200. The highest BCUT2D eigenvalue weighted by atomic mass is 79.9. The van der Waals surface area contributed by atoms with Crippen LogP contribution in [0.15, 0.2) is 82.2 Å². The summed E-state index contributed by atoms with van der Waals surface area (Å²) in [6.45, 7) is 1.42. The van der Waals surface area contributed by atoms with E-state index in [4.69, 9.17) is 23.2 Å². The zero-order valence-electron chi connectivity index (χ0n) is 17.1. The average Bonchev–Trinajstić information content (AvgIpc) is 2.75. The number of hydrogen-bond donors (Lipinski definition) is 1. The first-order chi connectivity index (χ1) is 15.2. The average molecular weight is 556 g/mol. The van der Waals surface area contributed by atoms with Crippen LogP contribution in [0.3, 0.4) is 0 Å².